The molecule has 1 saturated heterocycles. The SMILES string of the molecule is Cc1ccc2c(N)c(C(=O)N[C@H]3COc4cc(N5CCN[C@H](C)[C@H]5C)ccc4C3)sc2n1. The minimum absolute atomic E-state index is 0.0988. The first kappa shape index (κ1) is 21.0. The highest BCUT2D eigenvalue weighted by molar-refractivity contribution is 7.21. The van der Waals surface area contributed by atoms with E-state index in [-0.39, 0.29) is 11.9 Å². The third-order valence-corrected chi connectivity index (χ3v) is 7.71. The van der Waals surface area contributed by atoms with E-state index >= 15 is 0 Å². The van der Waals surface area contributed by atoms with Crippen LogP contribution in [0.25, 0.3) is 10.2 Å². The smallest absolute Gasteiger partial charge is 0.263 e. The van der Waals surface area contributed by atoms with E-state index in [9.17, 15) is 4.79 Å². The molecule has 1 amide bonds. The van der Waals surface area contributed by atoms with Crippen LogP contribution in [0.3, 0.4) is 0 Å². The van der Waals surface area contributed by atoms with Gasteiger partial charge in [0.15, 0.2) is 0 Å². The summed E-state index contributed by atoms with van der Waals surface area (Å²) >= 11 is 1.34. The molecule has 4 N–H and O–H groups in total. The van der Waals surface area contributed by atoms with Gasteiger partial charge < -0.3 is 26.0 Å². The number of thiophene rings is 1. The summed E-state index contributed by atoms with van der Waals surface area (Å²) in [5, 5.41) is 7.46. The highest BCUT2D eigenvalue weighted by Gasteiger charge is 2.28. The second kappa shape index (κ2) is 8.26. The predicted molar refractivity (Wildman–Crippen MR) is 130 cm³/mol. The standard InChI is InChI=1S/C24H29N5O2S/c1-13-4-7-19-21(25)22(32-24(19)27-13)23(30)28-17-10-16-5-6-18(11-20(16)31-12-17)29-9-8-26-14(2)15(29)3/h4-7,11,14-15,17,26H,8-10,12,25H2,1-3H3,(H,28,30)/t14-,15-,17-/m1/s1. The molecule has 7 nitrogen and oxygen atoms in total. The minimum atomic E-state index is -0.166. The van der Waals surface area contributed by atoms with Crippen molar-refractivity contribution in [2.45, 2.75) is 45.3 Å². The molecule has 4 heterocycles. The maximum atomic E-state index is 13.0. The Hall–Kier alpha value is -2.84. The molecule has 0 bridgehead atoms. The summed E-state index contributed by atoms with van der Waals surface area (Å²) in [6.07, 6.45) is 0.733. The molecule has 1 fully saturated rings. The van der Waals surface area contributed by atoms with Gasteiger partial charge in [0.2, 0.25) is 0 Å². The zero-order valence-electron chi connectivity index (χ0n) is 18.6. The van der Waals surface area contributed by atoms with Crippen molar-refractivity contribution in [3.8, 4) is 5.75 Å². The maximum Gasteiger partial charge on any atom is 0.263 e. The quantitative estimate of drug-likeness (QED) is 0.567. The molecule has 8 heteroatoms. The lowest BCUT2D eigenvalue weighted by Crippen LogP contribution is -2.55. The predicted octanol–water partition coefficient (Wildman–Crippen LogP) is 3.11. The van der Waals surface area contributed by atoms with Crippen LogP contribution in [0.15, 0.2) is 30.3 Å². The van der Waals surface area contributed by atoms with E-state index in [1.165, 1.54) is 17.0 Å². The molecule has 5 rings (SSSR count). The molecule has 0 spiro atoms. The van der Waals surface area contributed by atoms with Crippen LogP contribution in [-0.2, 0) is 6.42 Å². The Kier molecular flexibility index (Phi) is 5.43. The van der Waals surface area contributed by atoms with E-state index in [0.717, 1.165) is 46.7 Å². The first-order chi connectivity index (χ1) is 15.4. The van der Waals surface area contributed by atoms with Gasteiger partial charge in [0.05, 0.1) is 11.7 Å². The number of amides is 1. The van der Waals surface area contributed by atoms with E-state index in [2.05, 4.69) is 52.6 Å². The Morgan fingerprint density at radius 3 is 3.00 bits per heavy atom. The van der Waals surface area contributed by atoms with E-state index in [4.69, 9.17) is 10.5 Å². The Labute approximate surface area is 192 Å². The van der Waals surface area contributed by atoms with Gasteiger partial charge >= 0.3 is 0 Å². The number of pyridine rings is 1. The topological polar surface area (TPSA) is 92.5 Å². The molecule has 0 radical (unpaired) electrons. The minimum Gasteiger partial charge on any atom is -0.491 e. The van der Waals surface area contributed by atoms with E-state index in [1.807, 2.05) is 19.1 Å². The molecule has 0 saturated carbocycles. The number of nitrogens with zero attached hydrogens (tertiary/aromatic N) is 2. The van der Waals surface area contributed by atoms with Crippen molar-refractivity contribution in [1.29, 1.82) is 0 Å². The number of benzene rings is 1. The largest absolute Gasteiger partial charge is 0.491 e. The lowest BCUT2D eigenvalue weighted by atomic mass is 10.0. The molecule has 3 aromatic rings. The number of aryl methyl sites for hydroxylation is 1. The fraction of sp³-hybridized carbons (Fsp3) is 0.417. The third kappa shape index (κ3) is 3.78. The van der Waals surface area contributed by atoms with Gasteiger partial charge in [-0.25, -0.2) is 4.98 Å². The van der Waals surface area contributed by atoms with Crippen molar-refractivity contribution in [2.24, 2.45) is 0 Å². The number of hydrogen-bond donors (Lipinski definition) is 3. The summed E-state index contributed by atoms with van der Waals surface area (Å²) in [6, 6.07) is 11.0. The lowest BCUT2D eigenvalue weighted by molar-refractivity contribution is 0.0920. The van der Waals surface area contributed by atoms with Crippen LogP contribution < -0.4 is 26.0 Å². The first-order valence-electron chi connectivity index (χ1n) is 11.1. The van der Waals surface area contributed by atoms with Gasteiger partial charge in [-0.1, -0.05) is 6.07 Å². The van der Waals surface area contributed by atoms with Gasteiger partial charge in [0.1, 0.15) is 22.1 Å². The molecule has 0 unspecified atom stereocenters. The first-order valence-corrected chi connectivity index (χ1v) is 11.9. The van der Waals surface area contributed by atoms with Crippen molar-refractivity contribution in [2.75, 3.05) is 30.3 Å². The molecule has 3 atom stereocenters. The van der Waals surface area contributed by atoms with E-state index in [1.54, 1.807) is 0 Å². The van der Waals surface area contributed by atoms with Gasteiger partial charge in [-0.3, -0.25) is 4.79 Å². The van der Waals surface area contributed by atoms with Crippen molar-refractivity contribution >= 4 is 38.8 Å². The van der Waals surface area contributed by atoms with Gasteiger partial charge in [-0.2, -0.15) is 0 Å². The second-order valence-electron chi connectivity index (χ2n) is 8.80. The van der Waals surface area contributed by atoms with Gasteiger partial charge in [0.25, 0.3) is 5.91 Å². The molecule has 168 valence electrons. The maximum absolute atomic E-state index is 13.0. The second-order valence-corrected chi connectivity index (χ2v) is 9.80. The van der Waals surface area contributed by atoms with Crippen LogP contribution in [0.1, 0.15) is 34.8 Å². The number of carbonyl (C=O) groups is 1. The molecular formula is C24H29N5O2S. The summed E-state index contributed by atoms with van der Waals surface area (Å²) in [5.74, 6) is 0.743. The summed E-state index contributed by atoms with van der Waals surface area (Å²) in [6.45, 7) is 8.80. The molecule has 1 aromatic carbocycles. The van der Waals surface area contributed by atoms with Crippen molar-refractivity contribution < 1.29 is 9.53 Å². The number of carbonyl (C=O) groups excluding carboxylic acids is 1. The zero-order chi connectivity index (χ0) is 22.4. The molecule has 0 aliphatic carbocycles. The zero-order valence-corrected chi connectivity index (χ0v) is 19.5. The Morgan fingerprint density at radius 2 is 2.16 bits per heavy atom. The molecule has 2 aliphatic rings. The fourth-order valence-electron chi connectivity index (χ4n) is 4.56. The lowest BCUT2D eigenvalue weighted by Gasteiger charge is -2.40. The van der Waals surface area contributed by atoms with E-state index < -0.39 is 0 Å². The number of hydrogen-bond acceptors (Lipinski definition) is 7. The van der Waals surface area contributed by atoms with E-state index in [0.29, 0.717) is 29.3 Å². The Balaban J connectivity index is 1.30. The Bertz CT molecular complexity index is 1180. The summed E-state index contributed by atoms with van der Waals surface area (Å²) in [7, 11) is 0. The number of rotatable bonds is 3. The van der Waals surface area contributed by atoms with Crippen molar-refractivity contribution in [3.63, 3.8) is 0 Å². The van der Waals surface area contributed by atoms with Crippen LogP contribution in [0, 0.1) is 6.92 Å². The monoisotopic (exact) mass is 451 g/mol. The highest BCUT2D eigenvalue weighted by atomic mass is 32.1. The summed E-state index contributed by atoms with van der Waals surface area (Å²) in [5.41, 5.74) is 9.96. The van der Waals surface area contributed by atoms with Crippen molar-refractivity contribution in [1.82, 2.24) is 15.6 Å². The van der Waals surface area contributed by atoms with Crippen LogP contribution in [-0.4, -0.2) is 48.7 Å². The number of nitrogens with two attached hydrogens (primary N) is 1. The average molecular weight is 452 g/mol. The van der Waals surface area contributed by atoms with Crippen LogP contribution >= 0.6 is 11.3 Å². The van der Waals surface area contributed by atoms with Gasteiger partial charge in [0, 0.05) is 48.0 Å². The molecule has 2 aliphatic heterocycles. The third-order valence-electron chi connectivity index (χ3n) is 6.60. The number of aromatic nitrogens is 1. The van der Waals surface area contributed by atoms with Gasteiger partial charge in [-0.15, -0.1) is 11.3 Å². The number of ether oxygens (including phenoxy) is 1. The van der Waals surface area contributed by atoms with Crippen LogP contribution in [0.4, 0.5) is 11.4 Å². The number of fused-ring (bicyclic) bond motifs is 2. The van der Waals surface area contributed by atoms with Crippen LogP contribution in [0.2, 0.25) is 0 Å². The average Bonchev–Trinajstić information content (AvgIpc) is 3.11. The summed E-state index contributed by atoms with van der Waals surface area (Å²) in [4.78, 5) is 21.2. The number of piperazine rings is 1. The highest BCUT2D eigenvalue weighted by Crippen LogP contribution is 2.34. The van der Waals surface area contributed by atoms with Gasteiger partial charge in [-0.05, 0) is 51.0 Å². The normalized spacial score (nSPS) is 23.0. The van der Waals surface area contributed by atoms with Crippen LogP contribution in [0.5, 0.6) is 5.75 Å². The summed E-state index contributed by atoms with van der Waals surface area (Å²) < 4.78 is 6.07. The molecule has 2 aromatic heterocycles. The molecule has 32 heavy (non-hydrogen) atoms. The fourth-order valence-corrected chi connectivity index (χ4v) is 5.61. The van der Waals surface area contributed by atoms with Crippen molar-refractivity contribution in [3.05, 3.63) is 46.5 Å². The number of nitrogen functional groups attached to an aromatic ring is 1. The number of nitrogens with one attached hydrogen (secondary N) is 2. The Morgan fingerprint density at radius 1 is 1.31 bits per heavy atom. The molecular weight excluding hydrogens is 422 g/mol. The number of anilines is 2.